The van der Waals surface area contributed by atoms with Crippen molar-refractivity contribution in [2.24, 2.45) is 0 Å². The van der Waals surface area contributed by atoms with E-state index < -0.39 is 21.4 Å². The third-order valence-electron chi connectivity index (χ3n) is 3.08. The fourth-order valence-electron chi connectivity index (χ4n) is 1.93. The van der Waals surface area contributed by atoms with Gasteiger partial charge in [0.15, 0.2) is 15.6 Å². The van der Waals surface area contributed by atoms with Gasteiger partial charge in [0.05, 0.1) is 4.90 Å². The summed E-state index contributed by atoms with van der Waals surface area (Å²) in [6, 6.07) is 14.7. The van der Waals surface area contributed by atoms with E-state index >= 15 is 0 Å². The zero-order valence-corrected chi connectivity index (χ0v) is 12.8. The average molecular weight is 315 g/mol. The van der Waals surface area contributed by atoms with E-state index in [4.69, 9.17) is 0 Å². The van der Waals surface area contributed by atoms with Crippen LogP contribution in [0.25, 0.3) is 0 Å². The van der Waals surface area contributed by atoms with Crippen LogP contribution >= 0.6 is 0 Å². The summed E-state index contributed by atoms with van der Waals surface area (Å²) in [5.41, 5.74) is 1.23. The topological polar surface area (TPSA) is 63.2 Å². The SMILES string of the molecule is C=CCNc1ccc(C(=O)CS(=O)(=O)c2ccccc2)cc1. The van der Waals surface area contributed by atoms with Gasteiger partial charge in [-0.1, -0.05) is 24.3 Å². The number of ketones is 1. The van der Waals surface area contributed by atoms with Gasteiger partial charge < -0.3 is 5.32 Å². The monoisotopic (exact) mass is 315 g/mol. The molecule has 0 aliphatic carbocycles. The first-order chi connectivity index (χ1) is 10.5. The molecule has 1 N–H and O–H groups in total. The summed E-state index contributed by atoms with van der Waals surface area (Å²) in [6.45, 7) is 4.23. The highest BCUT2D eigenvalue weighted by atomic mass is 32.2. The van der Waals surface area contributed by atoms with E-state index in [-0.39, 0.29) is 4.90 Å². The minimum Gasteiger partial charge on any atom is -0.382 e. The predicted octanol–water partition coefficient (Wildman–Crippen LogP) is 2.94. The Hall–Kier alpha value is -2.40. The molecular weight excluding hydrogens is 298 g/mol. The fourth-order valence-corrected chi connectivity index (χ4v) is 3.18. The maximum absolute atomic E-state index is 12.2. The molecule has 0 radical (unpaired) electrons. The molecule has 2 aromatic carbocycles. The molecule has 0 saturated heterocycles. The average Bonchev–Trinajstić information content (AvgIpc) is 2.54. The fraction of sp³-hybridized carbons (Fsp3) is 0.118. The van der Waals surface area contributed by atoms with Crippen molar-refractivity contribution in [1.29, 1.82) is 0 Å². The van der Waals surface area contributed by atoms with Gasteiger partial charge in [0.25, 0.3) is 0 Å². The number of benzene rings is 2. The minimum absolute atomic E-state index is 0.160. The smallest absolute Gasteiger partial charge is 0.185 e. The number of hydrogen-bond donors (Lipinski definition) is 1. The van der Waals surface area contributed by atoms with Crippen LogP contribution in [0.1, 0.15) is 10.4 Å². The summed E-state index contributed by atoms with van der Waals surface area (Å²) >= 11 is 0. The Morgan fingerprint density at radius 1 is 1.05 bits per heavy atom. The molecule has 0 saturated carbocycles. The van der Waals surface area contributed by atoms with Crippen molar-refractivity contribution < 1.29 is 13.2 Å². The van der Waals surface area contributed by atoms with Crippen molar-refractivity contribution in [1.82, 2.24) is 0 Å². The van der Waals surface area contributed by atoms with Gasteiger partial charge in [-0.3, -0.25) is 4.79 Å². The van der Waals surface area contributed by atoms with E-state index in [9.17, 15) is 13.2 Å². The van der Waals surface area contributed by atoms with Crippen LogP contribution in [0.3, 0.4) is 0 Å². The third-order valence-corrected chi connectivity index (χ3v) is 4.71. The summed E-state index contributed by atoms with van der Waals surface area (Å²) in [4.78, 5) is 12.3. The molecule has 2 aromatic rings. The van der Waals surface area contributed by atoms with Crippen LogP contribution in [-0.4, -0.2) is 26.5 Å². The lowest BCUT2D eigenvalue weighted by molar-refractivity contribution is 0.102. The van der Waals surface area contributed by atoms with Gasteiger partial charge >= 0.3 is 0 Å². The molecule has 0 atom stereocenters. The molecule has 0 bridgehead atoms. The van der Waals surface area contributed by atoms with Crippen molar-refractivity contribution in [2.45, 2.75) is 4.90 Å². The predicted molar refractivity (Wildman–Crippen MR) is 88.0 cm³/mol. The van der Waals surface area contributed by atoms with E-state index in [1.807, 2.05) is 0 Å². The van der Waals surface area contributed by atoms with Crippen LogP contribution in [0.15, 0.2) is 72.1 Å². The molecule has 0 spiro atoms. The lowest BCUT2D eigenvalue weighted by Crippen LogP contribution is -2.16. The number of anilines is 1. The number of rotatable bonds is 7. The number of carbonyl (C=O) groups excluding carboxylic acids is 1. The van der Waals surface area contributed by atoms with E-state index in [0.29, 0.717) is 12.1 Å². The standard InChI is InChI=1S/C17H17NO3S/c1-2-12-18-15-10-8-14(9-11-15)17(19)13-22(20,21)16-6-4-3-5-7-16/h2-11,18H,1,12-13H2. The Morgan fingerprint density at radius 3 is 2.27 bits per heavy atom. The molecule has 0 aliphatic heterocycles. The van der Waals surface area contributed by atoms with Crippen molar-refractivity contribution in [3.05, 3.63) is 72.8 Å². The van der Waals surface area contributed by atoms with E-state index in [1.54, 1.807) is 48.5 Å². The van der Waals surface area contributed by atoms with Crippen LogP contribution in [0.4, 0.5) is 5.69 Å². The molecule has 0 amide bonds. The van der Waals surface area contributed by atoms with Gasteiger partial charge in [0.1, 0.15) is 5.75 Å². The minimum atomic E-state index is -3.61. The maximum atomic E-state index is 12.2. The zero-order valence-electron chi connectivity index (χ0n) is 12.0. The van der Waals surface area contributed by atoms with Crippen LogP contribution in [-0.2, 0) is 9.84 Å². The highest BCUT2D eigenvalue weighted by Crippen LogP contribution is 2.14. The summed E-state index contributed by atoms with van der Waals surface area (Å²) in [6.07, 6.45) is 1.73. The van der Waals surface area contributed by atoms with Gasteiger partial charge in [-0.2, -0.15) is 0 Å². The molecule has 0 fully saturated rings. The normalized spacial score (nSPS) is 10.9. The van der Waals surface area contributed by atoms with Crippen molar-refractivity contribution >= 4 is 21.3 Å². The molecule has 5 heteroatoms. The van der Waals surface area contributed by atoms with Gasteiger partial charge in [-0.05, 0) is 36.4 Å². The summed E-state index contributed by atoms with van der Waals surface area (Å²) in [5, 5.41) is 3.09. The van der Waals surface area contributed by atoms with E-state index in [0.717, 1.165) is 5.69 Å². The van der Waals surface area contributed by atoms with Crippen molar-refractivity contribution in [2.75, 3.05) is 17.6 Å². The molecule has 2 rings (SSSR count). The molecular formula is C17H17NO3S. The van der Waals surface area contributed by atoms with Crippen LogP contribution in [0.5, 0.6) is 0 Å². The number of hydrogen-bond acceptors (Lipinski definition) is 4. The maximum Gasteiger partial charge on any atom is 0.185 e. The van der Waals surface area contributed by atoms with Crippen LogP contribution in [0, 0.1) is 0 Å². The molecule has 0 aliphatic rings. The van der Waals surface area contributed by atoms with Gasteiger partial charge in [0, 0.05) is 17.8 Å². The van der Waals surface area contributed by atoms with Crippen molar-refractivity contribution in [3.63, 3.8) is 0 Å². The van der Waals surface area contributed by atoms with Crippen LogP contribution < -0.4 is 5.32 Å². The molecule has 114 valence electrons. The quantitative estimate of drug-likeness (QED) is 0.630. The molecule has 0 heterocycles. The van der Waals surface area contributed by atoms with E-state index in [1.165, 1.54) is 12.1 Å². The highest BCUT2D eigenvalue weighted by molar-refractivity contribution is 7.92. The Kier molecular flexibility index (Phi) is 5.12. The summed E-state index contributed by atoms with van der Waals surface area (Å²) in [5.74, 6) is -0.949. The Labute approximate surface area is 130 Å². The summed E-state index contributed by atoms with van der Waals surface area (Å²) < 4.78 is 24.4. The zero-order chi connectivity index (χ0) is 16.0. The highest BCUT2D eigenvalue weighted by Gasteiger charge is 2.19. The Bertz CT molecular complexity index is 750. The molecule has 4 nitrogen and oxygen atoms in total. The lowest BCUT2D eigenvalue weighted by atomic mass is 10.1. The van der Waals surface area contributed by atoms with Crippen LogP contribution in [0.2, 0.25) is 0 Å². The van der Waals surface area contributed by atoms with Gasteiger partial charge in [-0.25, -0.2) is 8.42 Å². The van der Waals surface area contributed by atoms with Gasteiger partial charge in [-0.15, -0.1) is 6.58 Å². The van der Waals surface area contributed by atoms with Crippen molar-refractivity contribution in [3.8, 4) is 0 Å². The second-order valence-corrected chi connectivity index (χ2v) is 6.73. The van der Waals surface area contributed by atoms with E-state index in [2.05, 4.69) is 11.9 Å². The lowest BCUT2D eigenvalue weighted by Gasteiger charge is -2.06. The number of carbonyl (C=O) groups is 1. The largest absolute Gasteiger partial charge is 0.382 e. The Balaban J connectivity index is 2.10. The number of nitrogens with one attached hydrogen (secondary N) is 1. The summed E-state index contributed by atoms with van der Waals surface area (Å²) in [7, 11) is -3.61. The number of Topliss-reactive ketones (excluding diaryl/α,β-unsaturated/α-hetero) is 1. The Morgan fingerprint density at radius 2 is 1.68 bits per heavy atom. The molecule has 0 aromatic heterocycles. The second kappa shape index (κ2) is 7.04. The molecule has 22 heavy (non-hydrogen) atoms. The first-order valence-corrected chi connectivity index (χ1v) is 8.44. The third kappa shape index (κ3) is 4.05. The first-order valence-electron chi connectivity index (χ1n) is 6.79. The van der Waals surface area contributed by atoms with Gasteiger partial charge in [0.2, 0.25) is 0 Å². The number of sulfone groups is 1. The molecule has 0 unspecified atom stereocenters. The first kappa shape index (κ1) is 16.0. The second-order valence-electron chi connectivity index (χ2n) is 4.74.